The summed E-state index contributed by atoms with van der Waals surface area (Å²) in [4.78, 5) is 37.7. The molecule has 2 aliphatic rings. The number of anilines is 4. The second-order valence-electron chi connectivity index (χ2n) is 10.6. The molecular weight excluding hydrogens is 565 g/mol. The Balaban J connectivity index is 1.35. The molecule has 0 bridgehead atoms. The zero-order chi connectivity index (χ0) is 30.7. The number of carbonyl (C=O) groups excluding carboxylic acids is 2. The maximum absolute atomic E-state index is 13.9. The van der Waals surface area contributed by atoms with Crippen molar-refractivity contribution in [2.75, 3.05) is 50.5 Å². The number of alkyl halides is 3. The smallest absolute Gasteiger partial charge is 0.421 e. The van der Waals surface area contributed by atoms with E-state index in [-0.39, 0.29) is 40.9 Å². The average molecular weight is 601 g/mol. The first-order chi connectivity index (χ1) is 20.6. The van der Waals surface area contributed by atoms with Crippen molar-refractivity contribution >= 4 is 35.0 Å². The summed E-state index contributed by atoms with van der Waals surface area (Å²) in [5, 5.41) is 8.56. The fraction of sp³-hybridized carbons (Fsp3) is 0.448. The SMILES string of the molecule is CCN1CCn2ccc(Nc3nc(Nc4ccc(C(=O)NC[C@@H](C)N5CCCC5)cc4OC)ncc3C(F)(F)F)c2C1=O. The van der Waals surface area contributed by atoms with Crippen molar-refractivity contribution in [3.8, 4) is 5.75 Å². The number of hydrogen-bond donors (Lipinski definition) is 3. The van der Waals surface area contributed by atoms with E-state index in [9.17, 15) is 22.8 Å². The molecule has 1 aromatic carbocycles. The number of carbonyl (C=O) groups is 2. The number of hydrogen-bond acceptors (Lipinski definition) is 8. The first kappa shape index (κ1) is 30.1. The number of nitrogens with zero attached hydrogens (tertiary/aromatic N) is 5. The van der Waals surface area contributed by atoms with Crippen molar-refractivity contribution in [1.29, 1.82) is 0 Å². The van der Waals surface area contributed by atoms with E-state index in [1.54, 1.807) is 39.9 Å². The van der Waals surface area contributed by atoms with Gasteiger partial charge in [-0.1, -0.05) is 0 Å². The summed E-state index contributed by atoms with van der Waals surface area (Å²) in [6, 6.07) is 6.48. The fourth-order valence-electron chi connectivity index (χ4n) is 5.36. The molecule has 5 rings (SSSR count). The number of likely N-dealkylation sites (tertiary alicyclic amines) is 1. The van der Waals surface area contributed by atoms with Crippen LogP contribution in [0.4, 0.5) is 36.3 Å². The number of methoxy groups -OCH3 is 1. The van der Waals surface area contributed by atoms with Crippen LogP contribution in [0.5, 0.6) is 5.75 Å². The Hall–Kier alpha value is -4.33. The van der Waals surface area contributed by atoms with E-state index in [2.05, 4.69) is 37.7 Å². The summed E-state index contributed by atoms with van der Waals surface area (Å²) in [7, 11) is 1.42. The quantitative estimate of drug-likeness (QED) is 0.312. The van der Waals surface area contributed by atoms with Crippen LogP contribution in [0.25, 0.3) is 0 Å². The van der Waals surface area contributed by atoms with Crippen molar-refractivity contribution in [3.63, 3.8) is 0 Å². The molecule has 0 radical (unpaired) electrons. The van der Waals surface area contributed by atoms with Gasteiger partial charge in [0.15, 0.2) is 0 Å². The van der Waals surface area contributed by atoms with E-state index in [4.69, 9.17) is 4.74 Å². The van der Waals surface area contributed by atoms with Gasteiger partial charge in [-0.25, -0.2) is 4.98 Å². The molecule has 1 fully saturated rings. The Labute approximate surface area is 247 Å². The molecule has 2 aliphatic heterocycles. The highest BCUT2D eigenvalue weighted by Gasteiger charge is 2.36. The maximum atomic E-state index is 13.9. The van der Waals surface area contributed by atoms with Crippen LogP contribution in [0.1, 0.15) is 53.1 Å². The van der Waals surface area contributed by atoms with Gasteiger partial charge in [0, 0.05) is 50.2 Å². The van der Waals surface area contributed by atoms with Gasteiger partial charge in [-0.3, -0.25) is 14.5 Å². The third kappa shape index (κ3) is 6.53. The summed E-state index contributed by atoms with van der Waals surface area (Å²) in [6.07, 6.45) is -0.0900. The van der Waals surface area contributed by atoms with E-state index in [0.29, 0.717) is 43.6 Å². The highest BCUT2D eigenvalue weighted by atomic mass is 19.4. The molecule has 230 valence electrons. The van der Waals surface area contributed by atoms with E-state index in [1.807, 2.05) is 6.92 Å². The molecule has 0 aliphatic carbocycles. The van der Waals surface area contributed by atoms with Crippen LogP contribution in [0.3, 0.4) is 0 Å². The van der Waals surface area contributed by atoms with Crippen LogP contribution >= 0.6 is 0 Å². The monoisotopic (exact) mass is 600 g/mol. The Morgan fingerprint density at radius 2 is 1.86 bits per heavy atom. The predicted molar refractivity (Wildman–Crippen MR) is 155 cm³/mol. The van der Waals surface area contributed by atoms with E-state index in [0.717, 1.165) is 25.9 Å². The van der Waals surface area contributed by atoms with Crippen LogP contribution < -0.4 is 20.7 Å². The maximum Gasteiger partial charge on any atom is 0.421 e. The lowest BCUT2D eigenvalue weighted by Gasteiger charge is -2.28. The number of fused-ring (bicyclic) bond motifs is 1. The number of nitrogens with one attached hydrogen (secondary N) is 3. The Kier molecular flexibility index (Phi) is 8.76. The molecule has 43 heavy (non-hydrogen) atoms. The van der Waals surface area contributed by atoms with Crippen LogP contribution in [0.15, 0.2) is 36.7 Å². The summed E-state index contributed by atoms with van der Waals surface area (Å²) >= 11 is 0. The lowest BCUT2D eigenvalue weighted by Crippen LogP contribution is -2.40. The molecule has 14 heteroatoms. The van der Waals surface area contributed by atoms with Crippen molar-refractivity contribution in [3.05, 3.63) is 53.5 Å². The molecule has 1 atom stereocenters. The first-order valence-electron chi connectivity index (χ1n) is 14.3. The van der Waals surface area contributed by atoms with Gasteiger partial charge < -0.3 is 30.2 Å². The standard InChI is InChI=1S/C29H35F3N8O3/c1-4-38-13-14-40-12-9-22(24(40)27(38)42)35-25-20(29(30,31)32)17-34-28(37-25)36-21-8-7-19(15-23(21)43-3)26(41)33-16-18(2)39-10-5-6-11-39/h7-9,12,15,17-18H,4-6,10-11,13-14,16H2,1-3H3,(H,33,41)(H2,34,35,36,37)/t18-/m1/s1. The number of rotatable bonds is 10. The normalized spacial score (nSPS) is 16.1. The number of benzene rings is 1. The molecule has 1 saturated heterocycles. The van der Waals surface area contributed by atoms with Crippen LogP contribution in [-0.2, 0) is 12.7 Å². The third-order valence-corrected chi connectivity index (χ3v) is 7.83. The summed E-state index contributed by atoms with van der Waals surface area (Å²) < 4.78 is 48.9. The zero-order valence-corrected chi connectivity index (χ0v) is 24.3. The second-order valence-corrected chi connectivity index (χ2v) is 10.6. The highest BCUT2D eigenvalue weighted by Crippen LogP contribution is 2.37. The summed E-state index contributed by atoms with van der Waals surface area (Å²) in [6.45, 7) is 8.02. The predicted octanol–water partition coefficient (Wildman–Crippen LogP) is 4.48. The zero-order valence-electron chi connectivity index (χ0n) is 24.3. The van der Waals surface area contributed by atoms with Gasteiger partial charge in [0.1, 0.15) is 22.8 Å². The van der Waals surface area contributed by atoms with Gasteiger partial charge in [-0.15, -0.1) is 0 Å². The second kappa shape index (κ2) is 12.5. The number of likely N-dealkylation sites (N-methyl/N-ethyl adjacent to an activating group) is 1. The summed E-state index contributed by atoms with van der Waals surface area (Å²) in [5.74, 6) is -0.908. The van der Waals surface area contributed by atoms with Crippen molar-refractivity contribution in [1.82, 2.24) is 29.7 Å². The molecule has 0 spiro atoms. The van der Waals surface area contributed by atoms with Gasteiger partial charge >= 0.3 is 6.18 Å². The van der Waals surface area contributed by atoms with Crippen LogP contribution in [0.2, 0.25) is 0 Å². The minimum atomic E-state index is -4.75. The molecule has 4 heterocycles. The van der Waals surface area contributed by atoms with Gasteiger partial charge in [0.2, 0.25) is 5.95 Å². The van der Waals surface area contributed by atoms with Crippen molar-refractivity contribution < 1.29 is 27.5 Å². The Morgan fingerprint density at radius 3 is 2.56 bits per heavy atom. The molecule has 2 amide bonds. The van der Waals surface area contributed by atoms with Crippen LogP contribution in [0, 0.1) is 0 Å². The Morgan fingerprint density at radius 1 is 1.09 bits per heavy atom. The van der Waals surface area contributed by atoms with Crippen molar-refractivity contribution in [2.45, 2.75) is 45.5 Å². The Bertz CT molecular complexity index is 1490. The third-order valence-electron chi connectivity index (χ3n) is 7.83. The number of aromatic nitrogens is 3. The first-order valence-corrected chi connectivity index (χ1v) is 14.3. The fourth-order valence-corrected chi connectivity index (χ4v) is 5.36. The molecule has 0 saturated carbocycles. The molecule has 0 unspecified atom stereocenters. The number of amides is 2. The molecule has 3 aromatic rings. The van der Waals surface area contributed by atoms with Gasteiger partial charge in [-0.05, 0) is 64.0 Å². The van der Waals surface area contributed by atoms with Gasteiger partial charge in [0.05, 0.1) is 18.5 Å². The summed E-state index contributed by atoms with van der Waals surface area (Å²) in [5.41, 5.74) is 0.113. The topological polar surface area (TPSA) is 117 Å². The number of ether oxygens (including phenoxy) is 1. The van der Waals surface area contributed by atoms with Crippen LogP contribution in [-0.4, -0.2) is 82.0 Å². The van der Waals surface area contributed by atoms with Crippen molar-refractivity contribution in [2.24, 2.45) is 0 Å². The van der Waals surface area contributed by atoms with Gasteiger partial charge in [-0.2, -0.15) is 18.2 Å². The lowest BCUT2D eigenvalue weighted by atomic mass is 10.1. The highest BCUT2D eigenvalue weighted by molar-refractivity contribution is 5.99. The average Bonchev–Trinajstić information content (AvgIpc) is 3.67. The van der Waals surface area contributed by atoms with Gasteiger partial charge in [0.25, 0.3) is 11.8 Å². The molecular formula is C29H35F3N8O3. The number of halogens is 3. The molecule has 11 nitrogen and oxygen atoms in total. The van der Waals surface area contributed by atoms with E-state index in [1.165, 1.54) is 7.11 Å². The van der Waals surface area contributed by atoms with E-state index < -0.39 is 17.6 Å². The largest absolute Gasteiger partial charge is 0.495 e. The minimum absolute atomic E-state index is 0.139. The minimum Gasteiger partial charge on any atom is -0.495 e. The van der Waals surface area contributed by atoms with E-state index >= 15 is 0 Å². The molecule has 2 aromatic heterocycles. The lowest BCUT2D eigenvalue weighted by molar-refractivity contribution is -0.137. The molecule has 3 N–H and O–H groups in total.